The molecule has 1 fully saturated rings. The summed E-state index contributed by atoms with van der Waals surface area (Å²) in [6.45, 7) is 1.04. The fourth-order valence-corrected chi connectivity index (χ4v) is 3.65. The summed E-state index contributed by atoms with van der Waals surface area (Å²) < 4.78 is 96.3. The van der Waals surface area contributed by atoms with Crippen LogP contribution in [-0.4, -0.2) is 31.5 Å². The highest BCUT2D eigenvalue weighted by Crippen LogP contribution is 2.35. The molecule has 0 spiro atoms. The third-order valence-corrected chi connectivity index (χ3v) is 5.15. The Kier molecular flexibility index (Phi) is 4.16. The Hall–Kier alpha value is -2.82. The smallest absolute Gasteiger partial charge is 0.173 e. The monoisotopic (exact) mass is 446 g/mol. The van der Waals surface area contributed by atoms with Gasteiger partial charge in [-0.3, -0.25) is 9.55 Å². The van der Waals surface area contributed by atoms with Gasteiger partial charge in [0.2, 0.25) is 0 Å². The van der Waals surface area contributed by atoms with Crippen LogP contribution in [0.15, 0.2) is 48.0 Å². The molecule has 2 heterocycles. The van der Waals surface area contributed by atoms with Gasteiger partial charge in [-0.1, -0.05) is 36.3 Å². The maximum atomic E-state index is 14.8. The van der Waals surface area contributed by atoms with Gasteiger partial charge in [-0.05, 0) is 49.5 Å². The van der Waals surface area contributed by atoms with Gasteiger partial charge >= 0.3 is 0 Å². The highest BCUT2D eigenvalue weighted by atomic mass is 32.2. The molecule has 2 aromatic heterocycles. The molecule has 1 aliphatic rings. The molecule has 160 valence electrons. The second kappa shape index (κ2) is 9.99. The number of aryl methyl sites for hydroxylation is 1. The van der Waals surface area contributed by atoms with E-state index in [4.69, 9.17) is 22.2 Å². The van der Waals surface area contributed by atoms with Crippen LogP contribution in [0.2, 0.25) is 0 Å². The number of thioether (sulfide) groups is 1. The fourth-order valence-electron chi connectivity index (χ4n) is 2.84. The van der Waals surface area contributed by atoms with Crippen LogP contribution in [0.25, 0.3) is 5.69 Å². The Morgan fingerprint density at radius 3 is 2.97 bits per heavy atom. The van der Waals surface area contributed by atoms with Gasteiger partial charge in [0.15, 0.2) is 16.7 Å². The number of halogens is 1. The van der Waals surface area contributed by atoms with E-state index in [0.29, 0.717) is 16.8 Å². The maximum absolute atomic E-state index is 14.8. The Bertz CT molecular complexity index is 1460. The molecule has 1 saturated carbocycles. The molecular formula is C24H24FN3O2S. The van der Waals surface area contributed by atoms with Crippen molar-refractivity contribution >= 4 is 11.8 Å². The van der Waals surface area contributed by atoms with Crippen molar-refractivity contribution in [2.75, 3.05) is 6.61 Å². The second-order valence-electron chi connectivity index (χ2n) is 6.36. The Morgan fingerprint density at radius 1 is 1.39 bits per heavy atom. The van der Waals surface area contributed by atoms with Crippen LogP contribution < -0.4 is 4.74 Å². The maximum Gasteiger partial charge on any atom is 0.173 e. The topological polar surface area (TPSA) is 60.2 Å². The van der Waals surface area contributed by atoms with Gasteiger partial charge in [-0.25, -0.2) is 9.37 Å². The molecular weight excluding hydrogens is 413 g/mol. The lowest BCUT2D eigenvalue weighted by molar-refractivity contribution is 0.283. The molecule has 0 saturated heterocycles. The number of hydrogen-bond donors (Lipinski definition) is 1. The van der Waals surface area contributed by atoms with Crippen LogP contribution in [0.3, 0.4) is 0 Å². The minimum absolute atomic E-state index is 0.109. The van der Waals surface area contributed by atoms with Crippen LogP contribution in [0.1, 0.15) is 54.6 Å². The largest absolute Gasteiger partial charge is 0.484 e. The normalized spacial score (nSPS) is 25.6. The first-order valence-corrected chi connectivity index (χ1v) is 10.0. The van der Waals surface area contributed by atoms with Crippen LogP contribution >= 0.6 is 11.8 Å². The number of aliphatic hydroxyl groups excluding tert-OH is 1. The van der Waals surface area contributed by atoms with Crippen molar-refractivity contribution in [1.82, 2.24) is 14.5 Å². The van der Waals surface area contributed by atoms with E-state index >= 15 is 0 Å². The van der Waals surface area contributed by atoms with E-state index in [1.807, 2.05) is 0 Å². The highest BCUT2D eigenvalue weighted by Gasteiger charge is 2.21. The van der Waals surface area contributed by atoms with Crippen molar-refractivity contribution < 1.29 is 26.6 Å². The van der Waals surface area contributed by atoms with Crippen molar-refractivity contribution in [3.05, 3.63) is 65.5 Å². The van der Waals surface area contributed by atoms with Crippen LogP contribution in [0.4, 0.5) is 4.39 Å². The van der Waals surface area contributed by atoms with E-state index in [9.17, 15) is 4.39 Å². The average Bonchev–Trinajstić information content (AvgIpc) is 3.31. The number of rotatable bonds is 6. The number of ether oxygens (including phenoxy) is 1. The van der Waals surface area contributed by atoms with Crippen molar-refractivity contribution in [3.8, 4) is 23.3 Å². The summed E-state index contributed by atoms with van der Waals surface area (Å²) in [6.07, 6.45) is -9.07. The Labute approximate surface area is 198 Å². The first-order chi connectivity index (χ1) is 18.5. The summed E-state index contributed by atoms with van der Waals surface area (Å²) in [7, 11) is 0. The van der Waals surface area contributed by atoms with E-state index in [1.165, 1.54) is 35.3 Å². The lowest BCUT2D eigenvalue weighted by Gasteiger charge is -2.15. The van der Waals surface area contributed by atoms with Gasteiger partial charge in [0, 0.05) is 29.3 Å². The van der Waals surface area contributed by atoms with Gasteiger partial charge in [0.05, 0.1) is 23.8 Å². The SMILES string of the molecule is [2H]C1([2H])C([2H])([2H])C([2H])([2H])C([2H])(Sc2ncc(COc3cc(C)c(C#CCO)cc3F)n2-c2cccnc2)C1([2H])[2H]. The molecule has 4 rings (SSSR count). The predicted octanol–water partition coefficient (Wildman–Crippen LogP) is 4.67. The van der Waals surface area contributed by atoms with Crippen LogP contribution in [-0.2, 0) is 6.61 Å². The molecule has 0 amide bonds. The fraction of sp³-hybridized carbons (Fsp3) is 0.333. The number of imidazole rings is 1. The molecule has 1 N–H and O–H groups in total. The molecule has 0 unspecified atom stereocenters. The van der Waals surface area contributed by atoms with Gasteiger partial charge in [-0.2, -0.15) is 0 Å². The molecule has 3 aromatic rings. The van der Waals surface area contributed by atoms with E-state index in [-0.39, 0.29) is 41.6 Å². The lowest BCUT2D eigenvalue weighted by Crippen LogP contribution is -2.08. The second-order valence-corrected chi connectivity index (χ2v) is 7.33. The number of aliphatic hydroxyl groups is 1. The number of nitrogens with zero attached hydrogens (tertiary/aromatic N) is 3. The van der Waals surface area contributed by atoms with Crippen LogP contribution in [0, 0.1) is 24.6 Å². The number of hydrogen-bond acceptors (Lipinski definition) is 5. The standard InChI is InChI=1S/C24H24FN3O2S/c1-17-12-23(22(25)13-18(17)6-5-11-29)30-16-20-15-27-24(31-21-8-2-3-9-21)28(20)19-7-4-10-26-14-19/h4,7,10,12-15,21,29H,2-3,8-9,11,16H2,1H3/i2D2,3D2,8D2,9D2,21D. The lowest BCUT2D eigenvalue weighted by atomic mass is 10.1. The minimum atomic E-state index is -3.35. The summed E-state index contributed by atoms with van der Waals surface area (Å²) in [5.74, 6) is 4.28. The Balaban J connectivity index is 1.75. The van der Waals surface area contributed by atoms with Crippen molar-refractivity contribution in [2.24, 2.45) is 0 Å². The summed E-state index contributed by atoms with van der Waals surface area (Å²) in [5, 5.41) is 5.74. The van der Waals surface area contributed by atoms with Crippen molar-refractivity contribution in [2.45, 2.75) is 49.4 Å². The summed E-state index contributed by atoms with van der Waals surface area (Å²) in [6, 6.07) is 5.80. The highest BCUT2D eigenvalue weighted by molar-refractivity contribution is 7.99. The molecule has 1 aliphatic carbocycles. The van der Waals surface area contributed by atoms with Gasteiger partial charge in [0.25, 0.3) is 0 Å². The third-order valence-electron chi connectivity index (χ3n) is 4.27. The molecule has 31 heavy (non-hydrogen) atoms. The van der Waals surface area contributed by atoms with Crippen LogP contribution in [0.5, 0.6) is 5.75 Å². The minimum Gasteiger partial charge on any atom is -0.484 e. The molecule has 0 radical (unpaired) electrons. The average molecular weight is 447 g/mol. The number of benzene rings is 1. The van der Waals surface area contributed by atoms with Crippen molar-refractivity contribution in [1.29, 1.82) is 0 Å². The predicted molar refractivity (Wildman–Crippen MR) is 119 cm³/mol. The molecule has 0 atom stereocenters. The van der Waals surface area contributed by atoms with Gasteiger partial charge in [-0.15, -0.1) is 0 Å². The van der Waals surface area contributed by atoms with Crippen molar-refractivity contribution in [3.63, 3.8) is 0 Å². The zero-order valence-corrected chi connectivity index (χ0v) is 17.3. The number of pyridine rings is 1. The molecule has 0 aliphatic heterocycles. The summed E-state index contributed by atoms with van der Waals surface area (Å²) in [5.41, 5.74) is 1.62. The van der Waals surface area contributed by atoms with E-state index in [0.717, 1.165) is 0 Å². The summed E-state index contributed by atoms with van der Waals surface area (Å²) >= 11 is 0.247. The van der Waals surface area contributed by atoms with E-state index in [2.05, 4.69) is 21.8 Å². The molecule has 0 bridgehead atoms. The quantitative estimate of drug-likeness (QED) is 0.558. The van der Waals surface area contributed by atoms with Gasteiger partial charge < -0.3 is 9.84 Å². The zero-order valence-electron chi connectivity index (χ0n) is 25.4. The molecule has 5 nitrogen and oxygen atoms in total. The van der Waals surface area contributed by atoms with Gasteiger partial charge in [0.1, 0.15) is 13.2 Å². The molecule has 7 heteroatoms. The number of aromatic nitrogens is 3. The molecule has 1 aromatic carbocycles. The zero-order chi connectivity index (χ0) is 29.7. The third kappa shape index (κ3) is 5.09. The first kappa shape index (κ1) is 12.9. The Morgan fingerprint density at radius 2 is 2.23 bits per heavy atom. The summed E-state index contributed by atoms with van der Waals surface area (Å²) in [4.78, 5) is 8.26. The van der Waals surface area contributed by atoms with E-state index in [1.54, 1.807) is 19.1 Å². The first-order valence-electron chi connectivity index (χ1n) is 13.7. The van der Waals surface area contributed by atoms with E-state index < -0.39 is 36.5 Å².